The molecule has 0 bridgehead atoms. The summed E-state index contributed by atoms with van der Waals surface area (Å²) >= 11 is 0. The number of piperidine rings is 1. The fourth-order valence-electron chi connectivity index (χ4n) is 3.27. The van der Waals surface area contributed by atoms with E-state index in [1.54, 1.807) is 0 Å². The van der Waals surface area contributed by atoms with E-state index in [1.807, 2.05) is 13.1 Å². The van der Waals surface area contributed by atoms with E-state index in [9.17, 15) is 4.79 Å². The molecule has 130 valence electrons. The van der Waals surface area contributed by atoms with Crippen molar-refractivity contribution in [3.63, 3.8) is 0 Å². The normalized spacial score (nSPS) is 17.0. The molecular weight excluding hydrogens is 286 g/mol. The Morgan fingerprint density at radius 2 is 2.04 bits per heavy atom. The minimum absolute atomic E-state index is 0.406. The topological polar surface area (TPSA) is 38.1 Å². The molecule has 4 nitrogen and oxygen atoms in total. The minimum Gasteiger partial charge on any atom is -0.303 e. The van der Waals surface area contributed by atoms with Crippen molar-refractivity contribution in [2.45, 2.75) is 71.8 Å². The summed E-state index contributed by atoms with van der Waals surface area (Å²) in [6.45, 7) is 11.0. The number of rotatable bonds is 9. The van der Waals surface area contributed by atoms with Crippen LogP contribution in [0.5, 0.6) is 0 Å². The highest BCUT2D eigenvalue weighted by molar-refractivity contribution is 5.77. The molecule has 0 saturated carbocycles. The first-order valence-corrected chi connectivity index (χ1v) is 9.35. The van der Waals surface area contributed by atoms with Gasteiger partial charge in [-0.1, -0.05) is 20.8 Å². The first kappa shape index (κ1) is 18.2. The Morgan fingerprint density at radius 3 is 2.65 bits per heavy atom. The second-order valence-electron chi connectivity index (χ2n) is 7.28. The Bertz CT molecular complexity index is 473. The molecule has 1 aromatic heterocycles. The zero-order valence-electron chi connectivity index (χ0n) is 15.1. The summed E-state index contributed by atoms with van der Waals surface area (Å²) in [5.74, 6) is 1.72. The molecule has 0 aliphatic carbocycles. The van der Waals surface area contributed by atoms with Gasteiger partial charge in [0.25, 0.3) is 0 Å². The Kier molecular flexibility index (Phi) is 7.28. The summed E-state index contributed by atoms with van der Waals surface area (Å²) in [6, 6.07) is 0. The van der Waals surface area contributed by atoms with Gasteiger partial charge in [0.05, 0.1) is 6.20 Å². The smallest absolute Gasteiger partial charge is 0.132 e. The average Bonchev–Trinajstić information content (AvgIpc) is 3.01. The van der Waals surface area contributed by atoms with Gasteiger partial charge in [-0.25, -0.2) is 0 Å². The highest BCUT2D eigenvalue weighted by atomic mass is 16.1. The van der Waals surface area contributed by atoms with Crippen LogP contribution in [-0.4, -0.2) is 40.1 Å². The van der Waals surface area contributed by atoms with Crippen LogP contribution >= 0.6 is 0 Å². The van der Waals surface area contributed by atoms with Crippen LogP contribution in [0, 0.1) is 5.92 Å². The minimum atomic E-state index is 0.406. The molecule has 1 aromatic rings. The number of carbonyl (C=O) groups is 1. The highest BCUT2D eigenvalue weighted by Crippen LogP contribution is 2.20. The molecule has 0 unspecified atom stereocenters. The molecular formula is C19H33N3O. The second-order valence-corrected chi connectivity index (χ2v) is 7.28. The van der Waals surface area contributed by atoms with Crippen molar-refractivity contribution < 1.29 is 4.79 Å². The van der Waals surface area contributed by atoms with Crippen LogP contribution in [0.1, 0.15) is 70.8 Å². The molecule has 1 fully saturated rings. The SMILES string of the molecule is CCC(=O)CCCCN1CCC(Cn2cc(C(C)C)cn2)CC1. The van der Waals surface area contributed by atoms with Gasteiger partial charge in [-0.05, 0) is 62.7 Å². The fourth-order valence-corrected chi connectivity index (χ4v) is 3.27. The van der Waals surface area contributed by atoms with Gasteiger partial charge in [-0.2, -0.15) is 5.10 Å². The molecule has 0 N–H and O–H groups in total. The van der Waals surface area contributed by atoms with Crippen molar-refractivity contribution in [1.82, 2.24) is 14.7 Å². The van der Waals surface area contributed by atoms with Crippen LogP contribution in [-0.2, 0) is 11.3 Å². The summed E-state index contributed by atoms with van der Waals surface area (Å²) in [4.78, 5) is 13.9. The first-order valence-electron chi connectivity index (χ1n) is 9.35. The Hall–Kier alpha value is -1.16. The van der Waals surface area contributed by atoms with Crippen molar-refractivity contribution in [2.24, 2.45) is 5.92 Å². The third-order valence-corrected chi connectivity index (χ3v) is 5.05. The van der Waals surface area contributed by atoms with E-state index in [2.05, 4.69) is 34.7 Å². The van der Waals surface area contributed by atoms with Crippen molar-refractivity contribution in [1.29, 1.82) is 0 Å². The molecule has 0 amide bonds. The van der Waals surface area contributed by atoms with E-state index in [4.69, 9.17) is 0 Å². The molecule has 1 aliphatic rings. The van der Waals surface area contributed by atoms with Crippen molar-refractivity contribution in [2.75, 3.05) is 19.6 Å². The predicted octanol–water partition coefficient (Wildman–Crippen LogP) is 3.87. The Morgan fingerprint density at radius 1 is 1.30 bits per heavy atom. The number of hydrogen-bond acceptors (Lipinski definition) is 3. The molecule has 0 spiro atoms. The Balaban J connectivity index is 1.62. The Labute approximate surface area is 141 Å². The van der Waals surface area contributed by atoms with Crippen LogP contribution in [0.4, 0.5) is 0 Å². The van der Waals surface area contributed by atoms with Gasteiger partial charge in [0.2, 0.25) is 0 Å². The van der Waals surface area contributed by atoms with E-state index < -0.39 is 0 Å². The number of carbonyl (C=O) groups excluding carboxylic acids is 1. The summed E-state index contributed by atoms with van der Waals surface area (Å²) in [7, 11) is 0. The largest absolute Gasteiger partial charge is 0.303 e. The van der Waals surface area contributed by atoms with Gasteiger partial charge >= 0.3 is 0 Å². The molecule has 1 saturated heterocycles. The first-order chi connectivity index (χ1) is 11.1. The van der Waals surface area contributed by atoms with Gasteiger partial charge in [0.15, 0.2) is 0 Å². The average molecular weight is 319 g/mol. The van der Waals surface area contributed by atoms with Gasteiger partial charge in [-0.15, -0.1) is 0 Å². The number of hydrogen-bond donors (Lipinski definition) is 0. The van der Waals surface area contributed by atoms with E-state index in [1.165, 1.54) is 31.5 Å². The lowest BCUT2D eigenvalue weighted by atomic mass is 9.96. The summed E-state index contributed by atoms with van der Waals surface area (Å²) in [6.07, 6.45) is 10.4. The lowest BCUT2D eigenvalue weighted by Gasteiger charge is -2.31. The molecule has 2 heterocycles. The second kappa shape index (κ2) is 9.21. The van der Waals surface area contributed by atoms with Crippen LogP contribution < -0.4 is 0 Å². The molecule has 2 rings (SSSR count). The van der Waals surface area contributed by atoms with Crippen molar-refractivity contribution in [3.8, 4) is 0 Å². The van der Waals surface area contributed by atoms with Gasteiger partial charge in [-0.3, -0.25) is 9.48 Å². The summed E-state index contributed by atoms with van der Waals surface area (Å²) in [5, 5.41) is 4.51. The standard InChI is InChI=1S/C19H33N3O/c1-4-19(23)7-5-6-10-21-11-8-17(9-12-21)14-22-15-18(13-20-22)16(2)3/h13,15-17H,4-12,14H2,1-3H3. The number of Topliss-reactive ketones (excluding diaryl/α,β-unsaturated/α-hetero) is 1. The van der Waals surface area contributed by atoms with E-state index in [0.717, 1.165) is 38.3 Å². The molecule has 4 heteroatoms. The maximum atomic E-state index is 11.3. The quantitative estimate of drug-likeness (QED) is 0.649. The summed E-state index contributed by atoms with van der Waals surface area (Å²) < 4.78 is 2.13. The van der Waals surface area contributed by atoms with E-state index >= 15 is 0 Å². The monoisotopic (exact) mass is 319 g/mol. The van der Waals surface area contributed by atoms with Gasteiger partial charge in [0, 0.05) is 25.6 Å². The molecule has 0 aromatic carbocycles. The number of ketones is 1. The van der Waals surface area contributed by atoms with Crippen molar-refractivity contribution >= 4 is 5.78 Å². The zero-order valence-corrected chi connectivity index (χ0v) is 15.1. The molecule has 1 aliphatic heterocycles. The van der Waals surface area contributed by atoms with Crippen LogP contribution in [0.2, 0.25) is 0 Å². The highest BCUT2D eigenvalue weighted by Gasteiger charge is 2.19. The number of unbranched alkanes of at least 4 members (excludes halogenated alkanes) is 1. The van der Waals surface area contributed by atoms with Crippen LogP contribution in [0.25, 0.3) is 0 Å². The fraction of sp³-hybridized carbons (Fsp3) is 0.789. The maximum Gasteiger partial charge on any atom is 0.132 e. The van der Waals surface area contributed by atoms with Gasteiger partial charge < -0.3 is 4.90 Å². The number of nitrogens with zero attached hydrogens (tertiary/aromatic N) is 3. The van der Waals surface area contributed by atoms with E-state index in [0.29, 0.717) is 18.1 Å². The van der Waals surface area contributed by atoms with Crippen molar-refractivity contribution in [3.05, 3.63) is 18.0 Å². The lowest BCUT2D eigenvalue weighted by Crippen LogP contribution is -2.35. The van der Waals surface area contributed by atoms with E-state index in [-0.39, 0.29) is 0 Å². The zero-order chi connectivity index (χ0) is 16.7. The lowest BCUT2D eigenvalue weighted by molar-refractivity contribution is -0.118. The van der Waals surface area contributed by atoms with Crippen LogP contribution in [0.15, 0.2) is 12.4 Å². The number of likely N-dealkylation sites (tertiary alicyclic amines) is 1. The maximum absolute atomic E-state index is 11.3. The third-order valence-electron chi connectivity index (χ3n) is 5.05. The molecule has 0 radical (unpaired) electrons. The molecule has 23 heavy (non-hydrogen) atoms. The number of aromatic nitrogens is 2. The summed E-state index contributed by atoms with van der Waals surface area (Å²) in [5.41, 5.74) is 1.34. The van der Waals surface area contributed by atoms with Gasteiger partial charge in [0.1, 0.15) is 5.78 Å². The van der Waals surface area contributed by atoms with Crippen LogP contribution in [0.3, 0.4) is 0 Å². The molecule has 0 atom stereocenters. The predicted molar refractivity (Wildman–Crippen MR) is 94.6 cm³/mol. The third kappa shape index (κ3) is 6.09.